The number of nitrogens with one attached hydrogen (secondary N) is 1. The molecule has 0 spiro atoms. The Balaban J connectivity index is 1.77. The van der Waals surface area contributed by atoms with Crippen LogP contribution in [0.2, 0.25) is 0 Å². The second-order valence-electron chi connectivity index (χ2n) is 6.58. The molecule has 0 aromatic heterocycles. The summed E-state index contributed by atoms with van der Waals surface area (Å²) in [5.74, 6) is 0.453. The van der Waals surface area contributed by atoms with Crippen LogP contribution >= 0.6 is 0 Å². The fraction of sp³-hybridized carbons (Fsp3) is 0.938. The molecule has 2 N–H and O–H groups in total. The first-order valence-electron chi connectivity index (χ1n) is 8.14. The fourth-order valence-electron chi connectivity index (χ4n) is 3.92. The summed E-state index contributed by atoms with van der Waals surface area (Å²) in [7, 11) is 0. The Hall–Kier alpha value is -0.570. The van der Waals surface area contributed by atoms with Gasteiger partial charge in [0.2, 0.25) is 0 Å². The van der Waals surface area contributed by atoms with Gasteiger partial charge in [-0.3, -0.25) is 4.79 Å². The van der Waals surface area contributed by atoms with Gasteiger partial charge in [-0.25, -0.2) is 0 Å². The molecule has 3 nitrogen and oxygen atoms in total. The van der Waals surface area contributed by atoms with Crippen LogP contribution in [0, 0.1) is 17.8 Å². The maximum atomic E-state index is 11.3. The van der Waals surface area contributed by atoms with E-state index in [0.717, 1.165) is 31.7 Å². The van der Waals surface area contributed by atoms with Crippen molar-refractivity contribution in [1.82, 2.24) is 5.32 Å². The standard InChI is InChI=1S/C16H29NO2/c1-12(13-7-3-2-4-8-13)17-11-14-9-5-6-10-15(14)16(18)19/h12-15,17H,2-11H2,1H3,(H,18,19). The van der Waals surface area contributed by atoms with Crippen LogP contribution in [0.1, 0.15) is 64.7 Å². The molecule has 3 heteroatoms. The smallest absolute Gasteiger partial charge is 0.306 e. The van der Waals surface area contributed by atoms with E-state index in [-0.39, 0.29) is 5.92 Å². The van der Waals surface area contributed by atoms with Crippen LogP contribution in [-0.2, 0) is 4.79 Å². The van der Waals surface area contributed by atoms with Gasteiger partial charge < -0.3 is 10.4 Å². The Kier molecular flexibility index (Phi) is 5.68. The molecule has 0 bridgehead atoms. The summed E-state index contributed by atoms with van der Waals surface area (Å²) in [6, 6.07) is 0.552. The molecular weight excluding hydrogens is 238 g/mol. The highest BCUT2D eigenvalue weighted by Gasteiger charge is 2.31. The second kappa shape index (κ2) is 7.28. The molecule has 110 valence electrons. The zero-order valence-corrected chi connectivity index (χ0v) is 12.2. The van der Waals surface area contributed by atoms with Crippen molar-refractivity contribution in [1.29, 1.82) is 0 Å². The fourth-order valence-corrected chi connectivity index (χ4v) is 3.92. The summed E-state index contributed by atoms with van der Waals surface area (Å²) >= 11 is 0. The summed E-state index contributed by atoms with van der Waals surface area (Å²) in [4.78, 5) is 11.3. The van der Waals surface area contributed by atoms with Crippen molar-refractivity contribution in [2.45, 2.75) is 70.8 Å². The molecule has 2 rings (SSSR count). The number of carboxylic acids is 1. The molecule has 2 aliphatic carbocycles. The first-order valence-corrected chi connectivity index (χ1v) is 8.14. The van der Waals surface area contributed by atoms with Crippen molar-refractivity contribution in [3.05, 3.63) is 0 Å². The summed E-state index contributed by atoms with van der Waals surface area (Å²) in [5, 5.41) is 12.9. The van der Waals surface area contributed by atoms with Gasteiger partial charge >= 0.3 is 5.97 Å². The molecule has 0 aromatic rings. The van der Waals surface area contributed by atoms with Gasteiger partial charge in [-0.2, -0.15) is 0 Å². The van der Waals surface area contributed by atoms with Crippen LogP contribution in [-0.4, -0.2) is 23.7 Å². The van der Waals surface area contributed by atoms with Crippen molar-refractivity contribution in [2.24, 2.45) is 17.8 Å². The average Bonchev–Trinajstić information content (AvgIpc) is 2.46. The highest BCUT2D eigenvalue weighted by molar-refractivity contribution is 5.70. The minimum absolute atomic E-state index is 0.111. The van der Waals surface area contributed by atoms with E-state index in [1.165, 1.54) is 38.5 Å². The molecule has 2 saturated carbocycles. The zero-order valence-electron chi connectivity index (χ0n) is 12.2. The molecule has 0 aliphatic heterocycles. The summed E-state index contributed by atoms with van der Waals surface area (Å²) in [6.45, 7) is 3.18. The molecule has 19 heavy (non-hydrogen) atoms. The van der Waals surface area contributed by atoms with E-state index >= 15 is 0 Å². The molecule has 2 aliphatic rings. The Morgan fingerprint density at radius 1 is 1.11 bits per heavy atom. The molecule has 0 radical (unpaired) electrons. The highest BCUT2D eigenvalue weighted by atomic mass is 16.4. The number of hydrogen-bond donors (Lipinski definition) is 2. The van der Waals surface area contributed by atoms with Crippen LogP contribution in [0.4, 0.5) is 0 Å². The normalized spacial score (nSPS) is 31.0. The molecule has 0 aromatic carbocycles. The number of hydrogen-bond acceptors (Lipinski definition) is 2. The highest BCUT2D eigenvalue weighted by Crippen LogP contribution is 2.31. The van der Waals surface area contributed by atoms with E-state index in [1.807, 2.05) is 0 Å². The summed E-state index contributed by atoms with van der Waals surface area (Å²) < 4.78 is 0. The molecule has 0 heterocycles. The zero-order chi connectivity index (χ0) is 13.7. The number of carbonyl (C=O) groups is 1. The van der Waals surface area contributed by atoms with E-state index in [1.54, 1.807) is 0 Å². The van der Waals surface area contributed by atoms with Crippen molar-refractivity contribution >= 4 is 5.97 Å². The Morgan fingerprint density at radius 3 is 2.42 bits per heavy atom. The number of carboxylic acid groups (broad SMARTS) is 1. The lowest BCUT2D eigenvalue weighted by Crippen LogP contribution is -2.41. The number of aliphatic carboxylic acids is 1. The lowest BCUT2D eigenvalue weighted by atomic mass is 9.78. The Bertz CT molecular complexity index is 286. The van der Waals surface area contributed by atoms with Gasteiger partial charge in [0, 0.05) is 6.04 Å². The van der Waals surface area contributed by atoms with Crippen LogP contribution in [0.3, 0.4) is 0 Å². The molecule has 2 fully saturated rings. The van der Waals surface area contributed by atoms with Crippen LogP contribution in [0.25, 0.3) is 0 Å². The van der Waals surface area contributed by atoms with Crippen molar-refractivity contribution < 1.29 is 9.90 Å². The van der Waals surface area contributed by atoms with Gasteiger partial charge in [-0.05, 0) is 51.0 Å². The van der Waals surface area contributed by atoms with Crippen molar-refractivity contribution in [2.75, 3.05) is 6.54 Å². The summed E-state index contributed by atoms with van der Waals surface area (Å²) in [5.41, 5.74) is 0. The molecule has 3 unspecified atom stereocenters. The quantitative estimate of drug-likeness (QED) is 0.802. The second-order valence-corrected chi connectivity index (χ2v) is 6.58. The predicted octanol–water partition coefficient (Wildman–Crippen LogP) is 3.44. The topological polar surface area (TPSA) is 49.3 Å². The van der Waals surface area contributed by atoms with E-state index < -0.39 is 5.97 Å². The Morgan fingerprint density at radius 2 is 1.74 bits per heavy atom. The third-order valence-electron chi connectivity index (χ3n) is 5.29. The van der Waals surface area contributed by atoms with E-state index in [9.17, 15) is 9.90 Å². The molecule has 0 amide bonds. The van der Waals surface area contributed by atoms with Gasteiger partial charge in [0.05, 0.1) is 5.92 Å². The monoisotopic (exact) mass is 267 g/mol. The van der Waals surface area contributed by atoms with Gasteiger partial charge in [0.15, 0.2) is 0 Å². The average molecular weight is 267 g/mol. The van der Waals surface area contributed by atoms with Gasteiger partial charge in [0.25, 0.3) is 0 Å². The number of rotatable bonds is 5. The maximum Gasteiger partial charge on any atom is 0.306 e. The lowest BCUT2D eigenvalue weighted by Gasteiger charge is -2.33. The third kappa shape index (κ3) is 4.20. The van der Waals surface area contributed by atoms with E-state index in [0.29, 0.717) is 12.0 Å². The molecular formula is C16H29NO2. The van der Waals surface area contributed by atoms with Gasteiger partial charge in [0.1, 0.15) is 0 Å². The minimum atomic E-state index is -0.586. The largest absolute Gasteiger partial charge is 0.481 e. The van der Waals surface area contributed by atoms with E-state index in [2.05, 4.69) is 12.2 Å². The lowest BCUT2D eigenvalue weighted by molar-refractivity contribution is -0.144. The van der Waals surface area contributed by atoms with Gasteiger partial charge in [-0.1, -0.05) is 32.1 Å². The van der Waals surface area contributed by atoms with Crippen LogP contribution < -0.4 is 5.32 Å². The first-order chi connectivity index (χ1) is 9.18. The SMILES string of the molecule is CC(NCC1CCCCC1C(=O)O)C1CCCCC1. The van der Waals surface area contributed by atoms with Gasteiger partial charge in [-0.15, -0.1) is 0 Å². The molecule has 0 saturated heterocycles. The minimum Gasteiger partial charge on any atom is -0.481 e. The van der Waals surface area contributed by atoms with Crippen molar-refractivity contribution in [3.8, 4) is 0 Å². The summed E-state index contributed by atoms with van der Waals surface area (Å²) in [6.07, 6.45) is 11.1. The maximum absolute atomic E-state index is 11.3. The first kappa shape index (κ1) is 14.8. The van der Waals surface area contributed by atoms with Crippen LogP contribution in [0.15, 0.2) is 0 Å². The van der Waals surface area contributed by atoms with Crippen LogP contribution in [0.5, 0.6) is 0 Å². The third-order valence-corrected chi connectivity index (χ3v) is 5.29. The Labute approximate surface area is 117 Å². The van der Waals surface area contributed by atoms with E-state index in [4.69, 9.17) is 0 Å². The van der Waals surface area contributed by atoms with Crippen molar-refractivity contribution in [3.63, 3.8) is 0 Å². The molecule has 3 atom stereocenters. The predicted molar refractivity (Wildman–Crippen MR) is 77.1 cm³/mol.